The number of carbonyl (C=O) groups is 2. The minimum absolute atomic E-state index is 0.356. The number of nitrogens with one attached hydrogen (secondary N) is 1. The lowest BCUT2D eigenvalue weighted by atomic mass is 10.3. The molecule has 2 aromatic heterocycles. The lowest BCUT2D eigenvalue weighted by Crippen LogP contribution is -2.44. The smallest absolute Gasteiger partial charge is 0.328 e. The summed E-state index contributed by atoms with van der Waals surface area (Å²) < 4.78 is 12.5. The van der Waals surface area contributed by atoms with Crippen LogP contribution in [-0.4, -0.2) is 81.6 Å². The van der Waals surface area contributed by atoms with E-state index in [0.717, 1.165) is 43.2 Å². The summed E-state index contributed by atoms with van der Waals surface area (Å²) in [6.07, 6.45) is 2.85. The number of carboxylic acid groups (broad SMARTS) is 2. The first kappa shape index (κ1) is 22.0. The Hall–Kier alpha value is -3.25. The summed E-state index contributed by atoms with van der Waals surface area (Å²) >= 11 is 0. The Balaban J connectivity index is 0.000000321. The third kappa shape index (κ3) is 6.40. The summed E-state index contributed by atoms with van der Waals surface area (Å²) in [6, 6.07) is 0.356. The van der Waals surface area contributed by atoms with Crippen molar-refractivity contribution in [2.75, 3.05) is 44.8 Å². The minimum Gasteiger partial charge on any atom is -0.478 e. The molecule has 0 aliphatic carbocycles. The molecule has 12 heteroatoms. The van der Waals surface area contributed by atoms with Gasteiger partial charge in [0, 0.05) is 44.9 Å². The molecule has 1 aliphatic heterocycles. The molecule has 0 saturated carbocycles. The van der Waals surface area contributed by atoms with Crippen LogP contribution >= 0.6 is 0 Å². The van der Waals surface area contributed by atoms with Gasteiger partial charge in [0.1, 0.15) is 6.73 Å². The van der Waals surface area contributed by atoms with E-state index in [2.05, 4.69) is 25.2 Å². The zero-order valence-electron chi connectivity index (χ0n) is 16.2. The average Bonchev–Trinajstić information content (AvgIpc) is 3.14. The molecule has 0 atom stereocenters. The molecule has 0 aromatic carbocycles. The lowest BCUT2D eigenvalue weighted by molar-refractivity contribution is -0.134. The number of piperazine rings is 1. The first-order chi connectivity index (χ1) is 14.0. The zero-order chi connectivity index (χ0) is 21.2. The highest BCUT2D eigenvalue weighted by atomic mass is 16.5. The van der Waals surface area contributed by atoms with Crippen LogP contribution in [0.1, 0.15) is 6.92 Å². The summed E-state index contributed by atoms with van der Waals surface area (Å²) in [5, 5.41) is 19.0. The quantitative estimate of drug-likeness (QED) is 0.529. The van der Waals surface area contributed by atoms with E-state index in [1.165, 1.54) is 0 Å². The third-order valence-electron chi connectivity index (χ3n) is 3.83. The highest BCUT2D eigenvalue weighted by Gasteiger charge is 2.20. The maximum Gasteiger partial charge on any atom is 0.328 e. The molecule has 2 aromatic rings. The fraction of sp³-hybridized carbons (Fsp3) is 0.471. The van der Waals surface area contributed by atoms with Crippen LogP contribution in [0.2, 0.25) is 0 Å². The molecule has 0 bridgehead atoms. The molecule has 0 radical (unpaired) electrons. The Morgan fingerprint density at radius 3 is 2.41 bits per heavy atom. The number of aliphatic carboxylic acids is 2. The number of carboxylic acids is 2. The van der Waals surface area contributed by atoms with Gasteiger partial charge in [0.25, 0.3) is 0 Å². The number of imidazole rings is 1. The van der Waals surface area contributed by atoms with Crippen molar-refractivity contribution >= 4 is 28.9 Å². The number of methoxy groups -OCH3 is 1. The summed E-state index contributed by atoms with van der Waals surface area (Å²) in [5.41, 5.74) is 1.53. The van der Waals surface area contributed by atoms with Gasteiger partial charge in [0.05, 0.1) is 13.4 Å². The second kappa shape index (κ2) is 10.9. The average molecular weight is 408 g/mol. The predicted molar refractivity (Wildman–Crippen MR) is 103 cm³/mol. The van der Waals surface area contributed by atoms with Crippen LogP contribution in [-0.2, 0) is 21.1 Å². The largest absolute Gasteiger partial charge is 0.478 e. The lowest BCUT2D eigenvalue weighted by Gasteiger charge is -2.28. The number of fused-ring (bicyclic) bond motifs is 1. The molecule has 3 N–H and O–H groups in total. The van der Waals surface area contributed by atoms with Gasteiger partial charge in [-0.15, -0.1) is 0 Å². The molecule has 158 valence electrons. The van der Waals surface area contributed by atoms with Crippen molar-refractivity contribution in [1.82, 2.24) is 24.8 Å². The summed E-state index contributed by atoms with van der Waals surface area (Å²) in [4.78, 5) is 34.7. The Labute approximate surface area is 166 Å². The Bertz CT molecular complexity index is 845. The molecule has 1 aliphatic rings. The van der Waals surface area contributed by atoms with Crippen LogP contribution in [0, 0.1) is 0 Å². The number of hydrogen-bond donors (Lipinski definition) is 3. The summed E-state index contributed by atoms with van der Waals surface area (Å²) in [5.74, 6) is -1.69. The molecule has 0 unspecified atom stereocenters. The second-order valence-electron chi connectivity index (χ2n) is 5.79. The van der Waals surface area contributed by atoms with E-state index in [1.807, 2.05) is 11.5 Å². The van der Waals surface area contributed by atoms with E-state index in [4.69, 9.17) is 19.7 Å². The van der Waals surface area contributed by atoms with Crippen LogP contribution < -0.4 is 15.0 Å². The van der Waals surface area contributed by atoms with Crippen molar-refractivity contribution in [1.29, 1.82) is 0 Å². The van der Waals surface area contributed by atoms with Gasteiger partial charge in [0.2, 0.25) is 0 Å². The van der Waals surface area contributed by atoms with Crippen LogP contribution in [0.15, 0.2) is 18.5 Å². The van der Waals surface area contributed by atoms with Crippen molar-refractivity contribution in [3.63, 3.8) is 0 Å². The molecule has 3 heterocycles. The number of rotatable bonds is 7. The van der Waals surface area contributed by atoms with Gasteiger partial charge in [-0.25, -0.2) is 14.6 Å². The maximum atomic E-state index is 9.55. The van der Waals surface area contributed by atoms with E-state index in [1.54, 1.807) is 13.4 Å². The van der Waals surface area contributed by atoms with Gasteiger partial charge >= 0.3 is 17.9 Å². The molecule has 12 nitrogen and oxygen atoms in total. The van der Waals surface area contributed by atoms with Gasteiger partial charge in [0.15, 0.2) is 17.0 Å². The summed E-state index contributed by atoms with van der Waals surface area (Å²) in [7, 11) is 1.58. The number of ether oxygens (including phenoxy) is 2. The molecular weight excluding hydrogens is 384 g/mol. The molecule has 3 rings (SSSR count). The van der Waals surface area contributed by atoms with Crippen molar-refractivity contribution in [2.24, 2.45) is 0 Å². The standard InChI is InChI=1S/C13H20N6O2.C4H4O4/c1-3-21-9-19-8-15-10-11(18-6-4-14-5-7-18)16-13(20-2)17-12(10)19;5-3(6)1-2-4(7)8/h8,14H,3-7,9H2,1-2H3;1-2H,(H,5,6)(H,7,8). The monoisotopic (exact) mass is 408 g/mol. The molecule has 0 spiro atoms. The molecule has 1 saturated heterocycles. The van der Waals surface area contributed by atoms with Crippen LogP contribution in [0.4, 0.5) is 5.82 Å². The van der Waals surface area contributed by atoms with Gasteiger partial charge < -0.3 is 29.9 Å². The SMILES string of the molecule is CCOCn1cnc2c(N3CCNCC3)nc(OC)nc21.O=C(O)C=CC(=O)O. The van der Waals surface area contributed by atoms with Crippen LogP contribution in [0.25, 0.3) is 11.2 Å². The highest BCUT2D eigenvalue weighted by molar-refractivity contribution is 5.89. The highest BCUT2D eigenvalue weighted by Crippen LogP contribution is 2.25. The van der Waals surface area contributed by atoms with E-state index in [-0.39, 0.29) is 0 Å². The number of hydrogen-bond acceptors (Lipinski definition) is 9. The van der Waals surface area contributed by atoms with Crippen molar-refractivity contribution in [2.45, 2.75) is 13.7 Å². The molecule has 0 amide bonds. The normalized spacial score (nSPS) is 13.9. The minimum atomic E-state index is -1.26. The first-order valence-electron chi connectivity index (χ1n) is 8.90. The molecular formula is C17H24N6O6. The van der Waals surface area contributed by atoms with Crippen LogP contribution in [0.3, 0.4) is 0 Å². The first-order valence-corrected chi connectivity index (χ1v) is 8.90. The van der Waals surface area contributed by atoms with Crippen molar-refractivity contribution < 1.29 is 29.3 Å². The number of nitrogens with zero attached hydrogens (tertiary/aromatic N) is 5. The topological polar surface area (TPSA) is 152 Å². The van der Waals surface area contributed by atoms with E-state index in [9.17, 15) is 9.59 Å². The van der Waals surface area contributed by atoms with Crippen molar-refractivity contribution in [3.05, 3.63) is 18.5 Å². The Morgan fingerprint density at radius 1 is 1.21 bits per heavy atom. The van der Waals surface area contributed by atoms with E-state index >= 15 is 0 Å². The van der Waals surface area contributed by atoms with Gasteiger partial charge in [-0.2, -0.15) is 9.97 Å². The van der Waals surface area contributed by atoms with Crippen LogP contribution in [0.5, 0.6) is 6.01 Å². The van der Waals surface area contributed by atoms with Crippen molar-refractivity contribution in [3.8, 4) is 6.01 Å². The number of anilines is 1. The summed E-state index contributed by atoms with van der Waals surface area (Å²) in [6.45, 7) is 6.70. The molecule has 1 fully saturated rings. The van der Waals surface area contributed by atoms with Gasteiger partial charge in [-0.05, 0) is 6.92 Å². The van der Waals surface area contributed by atoms with Gasteiger partial charge in [-0.1, -0.05) is 0 Å². The second-order valence-corrected chi connectivity index (χ2v) is 5.79. The Morgan fingerprint density at radius 2 is 1.86 bits per heavy atom. The zero-order valence-corrected chi connectivity index (χ0v) is 16.2. The maximum absolute atomic E-state index is 9.55. The molecule has 29 heavy (non-hydrogen) atoms. The Kier molecular flexibility index (Phi) is 8.30. The van der Waals surface area contributed by atoms with E-state index in [0.29, 0.717) is 31.5 Å². The predicted octanol–water partition coefficient (Wildman–Crippen LogP) is -0.0497. The third-order valence-corrected chi connectivity index (χ3v) is 3.83. The fourth-order valence-electron chi connectivity index (χ4n) is 2.53. The number of aromatic nitrogens is 4. The fourth-order valence-corrected chi connectivity index (χ4v) is 2.53. The van der Waals surface area contributed by atoms with E-state index < -0.39 is 11.9 Å². The van der Waals surface area contributed by atoms with Gasteiger partial charge in [-0.3, -0.25) is 4.57 Å².